The molecule has 0 aliphatic carbocycles. The smallest absolute Gasteiger partial charge is 0.323 e. The Morgan fingerprint density at radius 1 is 1.36 bits per heavy atom. The molecule has 1 N–H and O–H groups in total. The van der Waals surface area contributed by atoms with Crippen LogP contribution in [0, 0.1) is 5.92 Å². The summed E-state index contributed by atoms with van der Waals surface area (Å²) in [4.78, 5) is 14.6. The molecule has 1 atom stereocenters. The second-order valence-corrected chi connectivity index (χ2v) is 7.51. The molecule has 1 aromatic heterocycles. The summed E-state index contributed by atoms with van der Waals surface area (Å²) in [6.45, 7) is 6.48. The molecule has 2 aliphatic rings. The van der Waals surface area contributed by atoms with Crippen molar-refractivity contribution in [2.75, 3.05) is 31.7 Å². The molecule has 0 spiro atoms. The molecule has 7 nitrogen and oxygen atoms in total. The molecule has 3 heterocycles. The average Bonchev–Trinajstić information content (AvgIpc) is 3.38. The Labute approximate surface area is 165 Å². The third-order valence-electron chi connectivity index (χ3n) is 5.36. The molecular weight excluding hydrogens is 356 g/mol. The monoisotopic (exact) mass is 384 g/mol. The van der Waals surface area contributed by atoms with E-state index in [2.05, 4.69) is 29.5 Å². The molecule has 1 saturated heterocycles. The summed E-state index contributed by atoms with van der Waals surface area (Å²) in [6.07, 6.45) is 4.61. The minimum Gasteiger partial charge on any atom is -0.494 e. The summed E-state index contributed by atoms with van der Waals surface area (Å²) in [5.74, 6) is 2.12. The number of anilines is 1. The third-order valence-corrected chi connectivity index (χ3v) is 5.36. The number of fused-ring (bicyclic) bond motifs is 1. The van der Waals surface area contributed by atoms with E-state index in [0.717, 1.165) is 57.2 Å². The lowest BCUT2D eigenvalue weighted by molar-refractivity contribution is 0.181. The predicted molar refractivity (Wildman–Crippen MR) is 107 cm³/mol. The molecule has 2 aromatic rings. The van der Waals surface area contributed by atoms with Crippen molar-refractivity contribution in [3.05, 3.63) is 41.6 Å². The standard InChI is InChI=1S/C21H28N4O3/c1-2-10-28-19-4-3-18-14-24(9-6-17(18)12-19)21(26)23-20-5-8-22-25(20)13-16-7-11-27-15-16/h3-5,8,12,16H,2,6-7,9-11,13-15H2,1H3,(H,23,26). The fraction of sp³-hybridized carbons (Fsp3) is 0.524. The van der Waals surface area contributed by atoms with E-state index >= 15 is 0 Å². The third kappa shape index (κ3) is 4.30. The SMILES string of the molecule is CCCOc1ccc2c(c1)CCN(C(=O)Nc1ccnn1CC1CCOC1)C2. The van der Waals surface area contributed by atoms with Crippen molar-refractivity contribution in [2.24, 2.45) is 5.92 Å². The number of hydrogen-bond donors (Lipinski definition) is 1. The maximum atomic E-state index is 12.8. The lowest BCUT2D eigenvalue weighted by Crippen LogP contribution is -2.39. The number of urea groups is 1. The molecule has 0 bridgehead atoms. The minimum atomic E-state index is -0.0821. The second-order valence-electron chi connectivity index (χ2n) is 7.51. The van der Waals surface area contributed by atoms with Crippen molar-refractivity contribution in [2.45, 2.75) is 39.3 Å². The van der Waals surface area contributed by atoms with Crippen LogP contribution >= 0.6 is 0 Å². The van der Waals surface area contributed by atoms with Gasteiger partial charge >= 0.3 is 6.03 Å². The van der Waals surface area contributed by atoms with Gasteiger partial charge < -0.3 is 14.4 Å². The van der Waals surface area contributed by atoms with Gasteiger partial charge in [0.05, 0.1) is 19.4 Å². The number of nitrogens with zero attached hydrogens (tertiary/aromatic N) is 3. The number of hydrogen-bond acceptors (Lipinski definition) is 4. The van der Waals surface area contributed by atoms with Gasteiger partial charge in [-0.25, -0.2) is 9.48 Å². The van der Waals surface area contributed by atoms with Crippen molar-refractivity contribution in [1.29, 1.82) is 0 Å². The van der Waals surface area contributed by atoms with E-state index in [1.54, 1.807) is 6.20 Å². The number of benzene rings is 1. The first kappa shape index (κ1) is 18.8. The molecule has 1 fully saturated rings. The number of carbonyl (C=O) groups is 1. The zero-order valence-electron chi connectivity index (χ0n) is 16.4. The van der Waals surface area contributed by atoms with Gasteiger partial charge in [0, 0.05) is 38.2 Å². The summed E-state index contributed by atoms with van der Waals surface area (Å²) in [7, 11) is 0. The molecule has 0 radical (unpaired) electrons. The Morgan fingerprint density at radius 2 is 2.29 bits per heavy atom. The number of aromatic nitrogens is 2. The lowest BCUT2D eigenvalue weighted by Gasteiger charge is -2.29. The Morgan fingerprint density at radius 3 is 3.11 bits per heavy atom. The fourth-order valence-corrected chi connectivity index (χ4v) is 3.76. The van der Waals surface area contributed by atoms with Crippen LogP contribution < -0.4 is 10.1 Å². The molecular formula is C21H28N4O3. The number of nitrogens with one attached hydrogen (secondary N) is 1. The second kappa shape index (κ2) is 8.65. The van der Waals surface area contributed by atoms with E-state index < -0.39 is 0 Å². The first-order valence-corrected chi connectivity index (χ1v) is 10.1. The number of ether oxygens (including phenoxy) is 2. The molecule has 7 heteroatoms. The quantitative estimate of drug-likeness (QED) is 0.830. The van der Waals surface area contributed by atoms with Gasteiger partial charge in [-0.3, -0.25) is 5.32 Å². The molecule has 0 saturated carbocycles. The van der Waals surface area contributed by atoms with E-state index in [4.69, 9.17) is 9.47 Å². The summed E-state index contributed by atoms with van der Waals surface area (Å²) in [5, 5.41) is 7.39. The van der Waals surface area contributed by atoms with E-state index in [1.807, 2.05) is 21.7 Å². The highest BCUT2D eigenvalue weighted by Gasteiger charge is 2.23. The van der Waals surface area contributed by atoms with E-state index in [9.17, 15) is 4.79 Å². The maximum Gasteiger partial charge on any atom is 0.323 e. The molecule has 1 unspecified atom stereocenters. The highest BCUT2D eigenvalue weighted by atomic mass is 16.5. The van der Waals surface area contributed by atoms with Crippen LogP contribution in [0.2, 0.25) is 0 Å². The fourth-order valence-electron chi connectivity index (χ4n) is 3.76. The van der Waals surface area contributed by atoms with Gasteiger partial charge in [-0.15, -0.1) is 0 Å². The zero-order valence-corrected chi connectivity index (χ0v) is 16.4. The topological polar surface area (TPSA) is 68.6 Å². The van der Waals surface area contributed by atoms with Crippen molar-refractivity contribution in [3.63, 3.8) is 0 Å². The van der Waals surface area contributed by atoms with Crippen molar-refractivity contribution >= 4 is 11.8 Å². The molecule has 2 aliphatic heterocycles. The first-order valence-electron chi connectivity index (χ1n) is 10.1. The summed E-state index contributed by atoms with van der Waals surface area (Å²) in [5.41, 5.74) is 2.45. The van der Waals surface area contributed by atoms with Crippen LogP contribution in [0.25, 0.3) is 0 Å². The number of amides is 2. The van der Waals surface area contributed by atoms with Crippen LogP contribution in [0.1, 0.15) is 30.9 Å². The van der Waals surface area contributed by atoms with Gasteiger partial charge in [0.1, 0.15) is 11.6 Å². The van der Waals surface area contributed by atoms with Crippen LogP contribution in [0.3, 0.4) is 0 Å². The van der Waals surface area contributed by atoms with Gasteiger partial charge in [0.15, 0.2) is 0 Å². The highest BCUT2D eigenvalue weighted by Crippen LogP contribution is 2.25. The van der Waals surface area contributed by atoms with Gasteiger partial charge in [-0.05, 0) is 42.5 Å². The van der Waals surface area contributed by atoms with Crippen molar-refractivity contribution in [1.82, 2.24) is 14.7 Å². The van der Waals surface area contributed by atoms with Gasteiger partial charge in [0.25, 0.3) is 0 Å². The predicted octanol–water partition coefficient (Wildman–Crippen LogP) is 3.30. The van der Waals surface area contributed by atoms with Crippen LogP contribution in [-0.4, -0.2) is 47.1 Å². The van der Waals surface area contributed by atoms with Crippen LogP contribution in [0.15, 0.2) is 30.5 Å². The van der Waals surface area contributed by atoms with E-state index in [1.165, 1.54) is 11.1 Å². The average molecular weight is 384 g/mol. The highest BCUT2D eigenvalue weighted by molar-refractivity contribution is 5.88. The Hall–Kier alpha value is -2.54. The lowest BCUT2D eigenvalue weighted by atomic mass is 10.00. The van der Waals surface area contributed by atoms with E-state index in [-0.39, 0.29) is 6.03 Å². The Kier molecular flexibility index (Phi) is 5.81. The van der Waals surface area contributed by atoms with Crippen LogP contribution in [-0.2, 0) is 24.2 Å². The normalized spacial score (nSPS) is 18.8. The van der Waals surface area contributed by atoms with Gasteiger partial charge in [-0.2, -0.15) is 5.10 Å². The zero-order chi connectivity index (χ0) is 19.3. The largest absolute Gasteiger partial charge is 0.494 e. The van der Waals surface area contributed by atoms with Gasteiger partial charge in [-0.1, -0.05) is 13.0 Å². The van der Waals surface area contributed by atoms with Crippen LogP contribution in [0.4, 0.5) is 10.6 Å². The molecule has 28 heavy (non-hydrogen) atoms. The summed E-state index contributed by atoms with van der Waals surface area (Å²) < 4.78 is 13.0. The number of rotatable bonds is 6. The summed E-state index contributed by atoms with van der Waals surface area (Å²) in [6, 6.07) is 7.95. The minimum absolute atomic E-state index is 0.0821. The van der Waals surface area contributed by atoms with Crippen molar-refractivity contribution < 1.29 is 14.3 Å². The Balaban J connectivity index is 1.37. The van der Waals surface area contributed by atoms with Crippen molar-refractivity contribution in [3.8, 4) is 5.75 Å². The molecule has 4 rings (SSSR count). The summed E-state index contributed by atoms with van der Waals surface area (Å²) >= 11 is 0. The molecule has 150 valence electrons. The maximum absolute atomic E-state index is 12.8. The molecule has 2 amide bonds. The number of carbonyl (C=O) groups excluding carboxylic acids is 1. The molecule has 1 aromatic carbocycles. The van der Waals surface area contributed by atoms with Crippen LogP contribution in [0.5, 0.6) is 5.75 Å². The Bertz CT molecular complexity index is 814. The van der Waals surface area contributed by atoms with Gasteiger partial charge in [0.2, 0.25) is 0 Å². The first-order chi connectivity index (χ1) is 13.7. The van der Waals surface area contributed by atoms with E-state index in [0.29, 0.717) is 19.0 Å².